The van der Waals surface area contributed by atoms with Gasteiger partial charge in [-0.2, -0.15) is 0 Å². The van der Waals surface area contributed by atoms with E-state index in [0.717, 1.165) is 32.1 Å². The van der Waals surface area contributed by atoms with Crippen molar-refractivity contribution in [3.05, 3.63) is 0 Å². The van der Waals surface area contributed by atoms with Gasteiger partial charge in [0.1, 0.15) is 0 Å². The molecule has 22 heavy (non-hydrogen) atoms. The molecule has 0 saturated heterocycles. The minimum Gasteiger partial charge on any atom is -0.481 e. The number of rotatable bonds is 14. The molecule has 134 valence electrons. The molecule has 0 aromatic heterocycles. The molecular formula is C18H38O4. The van der Waals surface area contributed by atoms with Crippen LogP contribution < -0.4 is 0 Å². The van der Waals surface area contributed by atoms with E-state index in [1.807, 2.05) is 0 Å². The lowest BCUT2D eigenvalue weighted by molar-refractivity contribution is -0.137. The van der Waals surface area contributed by atoms with E-state index in [4.69, 9.17) is 15.3 Å². The van der Waals surface area contributed by atoms with Gasteiger partial charge in [0.05, 0.1) is 0 Å². The summed E-state index contributed by atoms with van der Waals surface area (Å²) >= 11 is 0. The van der Waals surface area contributed by atoms with Crippen LogP contribution in [-0.4, -0.2) is 27.6 Å². The van der Waals surface area contributed by atoms with Gasteiger partial charge in [0.25, 0.3) is 0 Å². The summed E-state index contributed by atoms with van der Waals surface area (Å²) in [5.74, 6) is -0.659. The summed E-state index contributed by atoms with van der Waals surface area (Å²) in [5, 5.41) is 25.1. The molecule has 0 aliphatic rings. The molecule has 0 amide bonds. The molecule has 0 bridgehead atoms. The zero-order chi connectivity index (χ0) is 17.1. The molecule has 0 aliphatic heterocycles. The maximum atomic E-state index is 10.2. The Balaban J connectivity index is 0. The fourth-order valence-corrected chi connectivity index (χ4v) is 2.16. The molecule has 4 heteroatoms. The number of hydrogen-bond acceptors (Lipinski definition) is 3. The van der Waals surface area contributed by atoms with Crippen molar-refractivity contribution < 1.29 is 20.1 Å². The van der Waals surface area contributed by atoms with Crippen LogP contribution >= 0.6 is 0 Å². The van der Waals surface area contributed by atoms with Gasteiger partial charge in [-0.05, 0) is 19.3 Å². The molecule has 0 aromatic carbocycles. The van der Waals surface area contributed by atoms with Crippen LogP contribution in [0.15, 0.2) is 0 Å². The number of hydrogen-bond donors (Lipinski definition) is 3. The van der Waals surface area contributed by atoms with Crippen molar-refractivity contribution in [2.75, 3.05) is 0 Å². The third kappa shape index (κ3) is 27.7. The van der Waals surface area contributed by atoms with Gasteiger partial charge in [-0.3, -0.25) is 4.79 Å². The van der Waals surface area contributed by atoms with E-state index in [9.17, 15) is 4.79 Å². The summed E-state index contributed by atoms with van der Waals surface area (Å²) < 4.78 is 0. The summed E-state index contributed by atoms with van der Waals surface area (Å²) in [4.78, 5) is 10.2. The van der Waals surface area contributed by atoms with E-state index in [2.05, 4.69) is 13.8 Å². The molecular weight excluding hydrogens is 280 g/mol. The molecule has 0 rings (SSSR count). The Morgan fingerprint density at radius 2 is 1.14 bits per heavy atom. The third-order valence-electron chi connectivity index (χ3n) is 3.56. The zero-order valence-electron chi connectivity index (χ0n) is 14.7. The van der Waals surface area contributed by atoms with Crippen molar-refractivity contribution >= 4 is 5.97 Å². The fraction of sp³-hybridized carbons (Fsp3) is 0.944. The van der Waals surface area contributed by atoms with E-state index < -0.39 is 12.3 Å². The quantitative estimate of drug-likeness (QED) is 0.315. The molecule has 0 radical (unpaired) electrons. The lowest BCUT2D eigenvalue weighted by atomic mass is 10.1. The van der Waals surface area contributed by atoms with E-state index in [-0.39, 0.29) is 0 Å². The molecule has 3 N–H and O–H groups in total. The van der Waals surface area contributed by atoms with E-state index >= 15 is 0 Å². The average molecular weight is 318 g/mol. The minimum atomic E-state index is -1.10. The molecule has 0 atom stereocenters. The van der Waals surface area contributed by atoms with Crippen molar-refractivity contribution in [3.63, 3.8) is 0 Å². The van der Waals surface area contributed by atoms with Crippen LogP contribution in [-0.2, 0) is 4.79 Å². The normalized spacial score (nSPS) is 10.4. The monoisotopic (exact) mass is 318 g/mol. The standard InChI is InChI=1S/C12H24O2.C6H14O2/c1-2-3-4-5-6-7-8-9-10-11-12(13)14;1-2-3-4-5-6(7)8/h2-11H2,1H3,(H,13,14);6-8H,2-5H2,1H3. The summed E-state index contributed by atoms with van der Waals surface area (Å²) in [7, 11) is 0. The lowest BCUT2D eigenvalue weighted by Crippen LogP contribution is -2.02. The van der Waals surface area contributed by atoms with Crippen LogP contribution in [0.4, 0.5) is 0 Å². The number of aliphatic hydroxyl groups is 2. The van der Waals surface area contributed by atoms with Crippen LogP contribution in [0.2, 0.25) is 0 Å². The smallest absolute Gasteiger partial charge is 0.303 e. The molecule has 0 aliphatic carbocycles. The summed E-state index contributed by atoms with van der Waals surface area (Å²) in [5.41, 5.74) is 0. The number of aliphatic carboxylic acids is 1. The van der Waals surface area contributed by atoms with E-state index in [0.29, 0.717) is 12.8 Å². The van der Waals surface area contributed by atoms with Gasteiger partial charge >= 0.3 is 5.97 Å². The highest BCUT2D eigenvalue weighted by atomic mass is 16.5. The van der Waals surface area contributed by atoms with Crippen molar-refractivity contribution in [2.24, 2.45) is 0 Å². The molecule has 0 saturated carbocycles. The first-order valence-corrected chi connectivity index (χ1v) is 9.12. The van der Waals surface area contributed by atoms with Gasteiger partial charge in [-0.1, -0.05) is 78.1 Å². The number of carboxylic acid groups (broad SMARTS) is 1. The van der Waals surface area contributed by atoms with Gasteiger partial charge < -0.3 is 15.3 Å². The van der Waals surface area contributed by atoms with E-state index in [1.54, 1.807) is 0 Å². The second-order valence-electron chi connectivity index (χ2n) is 5.95. The maximum Gasteiger partial charge on any atom is 0.303 e. The predicted molar refractivity (Wildman–Crippen MR) is 91.8 cm³/mol. The molecule has 0 spiro atoms. The second-order valence-corrected chi connectivity index (χ2v) is 5.95. The van der Waals surface area contributed by atoms with E-state index in [1.165, 1.54) is 44.9 Å². The van der Waals surface area contributed by atoms with Gasteiger partial charge in [0.2, 0.25) is 0 Å². The molecule has 0 aromatic rings. The highest BCUT2D eigenvalue weighted by molar-refractivity contribution is 5.66. The van der Waals surface area contributed by atoms with Gasteiger partial charge in [-0.15, -0.1) is 0 Å². The fourth-order valence-electron chi connectivity index (χ4n) is 2.16. The van der Waals surface area contributed by atoms with Gasteiger partial charge in [0.15, 0.2) is 6.29 Å². The Hall–Kier alpha value is -0.610. The SMILES string of the molecule is CCCCCC(O)O.CCCCCCCCCCCC(=O)O. The number of carbonyl (C=O) groups is 1. The van der Waals surface area contributed by atoms with Crippen LogP contribution in [0.5, 0.6) is 0 Å². The van der Waals surface area contributed by atoms with Crippen LogP contribution in [0.3, 0.4) is 0 Å². The average Bonchev–Trinajstić information content (AvgIpc) is 2.46. The third-order valence-corrected chi connectivity index (χ3v) is 3.56. The Morgan fingerprint density at radius 1 is 0.727 bits per heavy atom. The first-order valence-electron chi connectivity index (χ1n) is 9.12. The maximum absolute atomic E-state index is 10.2. The van der Waals surface area contributed by atoms with Crippen molar-refractivity contribution in [2.45, 2.75) is 110 Å². The Labute approximate surface area is 136 Å². The Morgan fingerprint density at radius 3 is 1.55 bits per heavy atom. The lowest BCUT2D eigenvalue weighted by Gasteiger charge is -2.00. The first kappa shape index (κ1) is 23.7. The molecule has 4 nitrogen and oxygen atoms in total. The highest BCUT2D eigenvalue weighted by Crippen LogP contribution is 2.10. The van der Waals surface area contributed by atoms with Crippen molar-refractivity contribution in [1.29, 1.82) is 0 Å². The highest BCUT2D eigenvalue weighted by Gasteiger charge is 1.96. The first-order chi connectivity index (χ1) is 10.5. The number of unbranched alkanes of at least 4 members (excludes halogenated alkanes) is 10. The number of aliphatic hydroxyl groups excluding tert-OH is 1. The Bertz CT molecular complexity index is 217. The van der Waals surface area contributed by atoms with Crippen molar-refractivity contribution in [3.8, 4) is 0 Å². The number of carboxylic acids is 1. The minimum absolute atomic E-state index is 0.343. The molecule has 0 heterocycles. The van der Waals surface area contributed by atoms with Crippen LogP contribution in [0.25, 0.3) is 0 Å². The summed E-state index contributed by atoms with van der Waals surface area (Å²) in [6.07, 6.45) is 14.1. The van der Waals surface area contributed by atoms with Crippen molar-refractivity contribution in [1.82, 2.24) is 0 Å². The summed E-state index contributed by atoms with van der Waals surface area (Å²) in [6.45, 7) is 4.32. The zero-order valence-corrected chi connectivity index (χ0v) is 14.7. The summed E-state index contributed by atoms with van der Waals surface area (Å²) in [6, 6.07) is 0. The topological polar surface area (TPSA) is 77.8 Å². The molecule has 0 unspecified atom stereocenters. The van der Waals surface area contributed by atoms with Gasteiger partial charge in [-0.25, -0.2) is 0 Å². The van der Waals surface area contributed by atoms with Gasteiger partial charge in [0, 0.05) is 6.42 Å². The second kappa shape index (κ2) is 20.4. The largest absolute Gasteiger partial charge is 0.481 e. The molecule has 0 fully saturated rings. The van der Waals surface area contributed by atoms with Crippen LogP contribution in [0.1, 0.15) is 104 Å². The predicted octanol–water partition coefficient (Wildman–Crippen LogP) is 4.87. The Kier molecular flexibility index (Phi) is 21.9. The van der Waals surface area contributed by atoms with Crippen LogP contribution in [0, 0.1) is 0 Å².